The molecule has 0 spiro atoms. The summed E-state index contributed by atoms with van der Waals surface area (Å²) in [6.45, 7) is -0.115. The maximum atomic E-state index is 8.62. The first-order chi connectivity index (χ1) is 9.29. The van der Waals surface area contributed by atoms with Crippen molar-refractivity contribution in [2.24, 2.45) is 0 Å². The molecule has 2 rings (SSSR count). The van der Waals surface area contributed by atoms with Crippen LogP contribution >= 0.6 is 23.4 Å². The molecular formula is C15H12ClNOS. The molecule has 0 aliphatic rings. The van der Waals surface area contributed by atoms with Crippen LogP contribution in [0.25, 0.3) is 0 Å². The van der Waals surface area contributed by atoms with Gasteiger partial charge in [-0.1, -0.05) is 35.6 Å². The van der Waals surface area contributed by atoms with Gasteiger partial charge < -0.3 is 5.11 Å². The Bertz CT molecular complexity index is 602. The summed E-state index contributed by atoms with van der Waals surface area (Å²) in [6.07, 6.45) is 1.74. The maximum Gasteiger partial charge on any atom is 0.115 e. The van der Waals surface area contributed by atoms with Gasteiger partial charge in [0.1, 0.15) is 11.6 Å². The minimum Gasteiger partial charge on any atom is -0.384 e. The van der Waals surface area contributed by atoms with Crippen molar-refractivity contribution in [1.29, 1.82) is 0 Å². The molecule has 2 nitrogen and oxygen atoms in total. The van der Waals surface area contributed by atoms with E-state index in [9.17, 15) is 0 Å². The monoisotopic (exact) mass is 289 g/mol. The summed E-state index contributed by atoms with van der Waals surface area (Å²) in [4.78, 5) is 4.23. The van der Waals surface area contributed by atoms with E-state index in [1.807, 2.05) is 36.4 Å². The van der Waals surface area contributed by atoms with Crippen LogP contribution in [0.4, 0.5) is 0 Å². The van der Waals surface area contributed by atoms with Crippen LogP contribution in [0.2, 0.25) is 5.02 Å². The Hall–Kier alpha value is -1.47. The quantitative estimate of drug-likeness (QED) is 0.695. The van der Waals surface area contributed by atoms with Crippen molar-refractivity contribution >= 4 is 23.4 Å². The molecule has 1 aromatic carbocycles. The fraction of sp³-hybridized carbons (Fsp3) is 0.133. The number of aliphatic hydroxyl groups is 1. The molecule has 1 aromatic heterocycles. The van der Waals surface area contributed by atoms with Crippen LogP contribution in [0.15, 0.2) is 47.6 Å². The Labute approximate surface area is 121 Å². The third-order valence-corrected chi connectivity index (χ3v) is 3.86. The molecule has 19 heavy (non-hydrogen) atoms. The lowest BCUT2D eigenvalue weighted by molar-refractivity contribution is 0.350. The number of benzene rings is 1. The molecule has 0 saturated carbocycles. The molecule has 0 aliphatic heterocycles. The molecule has 2 aromatic rings. The van der Waals surface area contributed by atoms with Gasteiger partial charge in [0, 0.05) is 17.5 Å². The Balaban J connectivity index is 1.99. The van der Waals surface area contributed by atoms with Crippen LogP contribution in [0, 0.1) is 11.8 Å². The lowest BCUT2D eigenvalue weighted by Crippen LogP contribution is -1.85. The van der Waals surface area contributed by atoms with Crippen LogP contribution < -0.4 is 0 Å². The largest absolute Gasteiger partial charge is 0.384 e. The molecule has 0 bridgehead atoms. The van der Waals surface area contributed by atoms with Crippen LogP contribution in [0.3, 0.4) is 0 Å². The van der Waals surface area contributed by atoms with Gasteiger partial charge in [-0.05, 0) is 29.8 Å². The van der Waals surface area contributed by atoms with Gasteiger partial charge in [0.25, 0.3) is 0 Å². The van der Waals surface area contributed by atoms with E-state index >= 15 is 0 Å². The summed E-state index contributed by atoms with van der Waals surface area (Å²) in [5.41, 5.74) is 2.08. The number of hydrogen-bond donors (Lipinski definition) is 1. The van der Waals surface area contributed by atoms with E-state index < -0.39 is 0 Å². The summed E-state index contributed by atoms with van der Waals surface area (Å²) in [7, 11) is 0. The van der Waals surface area contributed by atoms with Crippen molar-refractivity contribution in [3.05, 3.63) is 58.7 Å². The third-order valence-electron chi connectivity index (χ3n) is 2.37. The van der Waals surface area contributed by atoms with E-state index in [1.54, 1.807) is 18.0 Å². The second-order valence-corrected chi connectivity index (χ2v) is 5.11. The van der Waals surface area contributed by atoms with Gasteiger partial charge in [-0.2, -0.15) is 0 Å². The van der Waals surface area contributed by atoms with Crippen molar-refractivity contribution in [1.82, 2.24) is 4.98 Å². The van der Waals surface area contributed by atoms with Gasteiger partial charge in [0.15, 0.2) is 0 Å². The molecule has 0 amide bonds. The average Bonchev–Trinajstić information content (AvgIpc) is 2.45. The first-order valence-corrected chi connectivity index (χ1v) is 7.08. The van der Waals surface area contributed by atoms with E-state index in [1.165, 1.54) is 5.56 Å². The summed E-state index contributed by atoms with van der Waals surface area (Å²) in [5, 5.41) is 10.1. The molecule has 0 atom stereocenters. The molecule has 0 fully saturated rings. The fourth-order valence-electron chi connectivity index (χ4n) is 1.45. The molecule has 0 aliphatic carbocycles. The number of aromatic nitrogens is 1. The molecule has 0 unspecified atom stereocenters. The van der Waals surface area contributed by atoms with Crippen LogP contribution in [-0.2, 0) is 5.75 Å². The average molecular weight is 290 g/mol. The fourth-order valence-corrected chi connectivity index (χ4v) is 2.58. The first kappa shape index (κ1) is 14.0. The smallest absolute Gasteiger partial charge is 0.115 e. The van der Waals surface area contributed by atoms with Gasteiger partial charge in [0.05, 0.1) is 5.02 Å². The molecule has 1 heterocycles. The predicted molar refractivity (Wildman–Crippen MR) is 79.2 cm³/mol. The highest BCUT2D eigenvalue weighted by molar-refractivity contribution is 7.98. The van der Waals surface area contributed by atoms with E-state index in [0.29, 0.717) is 5.02 Å². The van der Waals surface area contributed by atoms with E-state index in [4.69, 9.17) is 16.7 Å². The van der Waals surface area contributed by atoms with Gasteiger partial charge in [-0.25, -0.2) is 4.98 Å². The summed E-state index contributed by atoms with van der Waals surface area (Å²) >= 11 is 7.65. The Morgan fingerprint density at radius 2 is 2.00 bits per heavy atom. The van der Waals surface area contributed by atoms with Crippen molar-refractivity contribution < 1.29 is 5.11 Å². The number of halogens is 1. The van der Waals surface area contributed by atoms with Crippen LogP contribution in [0.5, 0.6) is 0 Å². The highest BCUT2D eigenvalue weighted by Crippen LogP contribution is 2.27. The highest BCUT2D eigenvalue weighted by Gasteiger charge is 2.02. The molecular weight excluding hydrogens is 278 g/mol. The molecule has 4 heteroatoms. The first-order valence-electron chi connectivity index (χ1n) is 5.71. The Morgan fingerprint density at radius 3 is 2.68 bits per heavy atom. The maximum absolute atomic E-state index is 8.62. The second-order valence-electron chi connectivity index (χ2n) is 3.74. The number of aliphatic hydroxyl groups excluding tert-OH is 1. The summed E-state index contributed by atoms with van der Waals surface area (Å²) < 4.78 is 0. The van der Waals surface area contributed by atoms with Gasteiger partial charge in [0.2, 0.25) is 0 Å². The van der Waals surface area contributed by atoms with Gasteiger partial charge in [-0.15, -0.1) is 11.8 Å². The Morgan fingerprint density at radius 1 is 1.21 bits per heavy atom. The predicted octanol–water partition coefficient (Wildman–Crippen LogP) is 3.37. The normalized spacial score (nSPS) is 9.79. The summed E-state index contributed by atoms with van der Waals surface area (Å²) in [6, 6.07) is 11.6. The third kappa shape index (κ3) is 4.29. The van der Waals surface area contributed by atoms with E-state index in [2.05, 4.69) is 16.8 Å². The number of pyridine rings is 1. The molecule has 0 saturated heterocycles. The van der Waals surface area contributed by atoms with Crippen LogP contribution in [-0.4, -0.2) is 16.7 Å². The second kappa shape index (κ2) is 7.20. The zero-order valence-electron chi connectivity index (χ0n) is 10.1. The van der Waals surface area contributed by atoms with E-state index in [-0.39, 0.29) is 6.61 Å². The molecule has 96 valence electrons. The SMILES string of the molecule is OCC#Cc1ccc(CSc2ncccc2Cl)cc1. The molecule has 1 N–H and O–H groups in total. The molecule has 0 radical (unpaired) electrons. The van der Waals surface area contributed by atoms with Crippen molar-refractivity contribution in [3.63, 3.8) is 0 Å². The number of nitrogens with zero attached hydrogens (tertiary/aromatic N) is 1. The minimum absolute atomic E-state index is 0.115. The topological polar surface area (TPSA) is 33.1 Å². The Kier molecular flexibility index (Phi) is 5.29. The van der Waals surface area contributed by atoms with Crippen LogP contribution in [0.1, 0.15) is 11.1 Å². The number of thioether (sulfide) groups is 1. The number of rotatable bonds is 3. The lowest BCUT2D eigenvalue weighted by Gasteiger charge is -2.03. The zero-order chi connectivity index (χ0) is 13.5. The van der Waals surface area contributed by atoms with Gasteiger partial charge >= 0.3 is 0 Å². The van der Waals surface area contributed by atoms with Gasteiger partial charge in [-0.3, -0.25) is 0 Å². The number of hydrogen-bond acceptors (Lipinski definition) is 3. The van der Waals surface area contributed by atoms with E-state index in [0.717, 1.165) is 16.3 Å². The van der Waals surface area contributed by atoms with Crippen molar-refractivity contribution in [3.8, 4) is 11.8 Å². The standard InChI is InChI=1S/C15H12ClNOS/c16-14-4-1-9-17-15(14)19-11-13-7-5-12(6-8-13)3-2-10-18/h1,4-9,18H,10-11H2. The highest BCUT2D eigenvalue weighted by atomic mass is 35.5. The van der Waals surface area contributed by atoms with Crippen molar-refractivity contribution in [2.75, 3.05) is 6.61 Å². The zero-order valence-corrected chi connectivity index (χ0v) is 11.7. The van der Waals surface area contributed by atoms with Crippen molar-refractivity contribution in [2.45, 2.75) is 10.8 Å². The summed E-state index contributed by atoms with van der Waals surface area (Å²) in [5.74, 6) is 6.30. The minimum atomic E-state index is -0.115. The lowest BCUT2D eigenvalue weighted by atomic mass is 10.1.